The van der Waals surface area contributed by atoms with E-state index in [4.69, 9.17) is 9.47 Å². The zero-order valence-electron chi connectivity index (χ0n) is 29.1. The summed E-state index contributed by atoms with van der Waals surface area (Å²) in [6, 6.07) is 11.0. The molecule has 2 heterocycles. The van der Waals surface area contributed by atoms with Crippen LogP contribution in [-0.2, 0) is 26.0 Å². The van der Waals surface area contributed by atoms with Crippen LogP contribution in [0.5, 0.6) is 5.75 Å². The van der Waals surface area contributed by atoms with E-state index in [-0.39, 0.29) is 39.7 Å². The SMILES string of the molecule is COC(=O)NC(C(=O)Nc1cncc(F)c1CCCC1CNCC(C)N1S(=O)(=O)c1ccc(OC)cc1)C(c1ccc(F)cc1)c1cc(F)cc(F)c1. The number of nitrogens with one attached hydrogen (secondary N) is 3. The number of hydrogen-bond donors (Lipinski definition) is 3. The molecular formula is C37H39F4N5O6S. The summed E-state index contributed by atoms with van der Waals surface area (Å²) in [5.74, 6) is -4.97. The third kappa shape index (κ3) is 9.30. The number of carbonyl (C=O) groups excluding carboxylic acids is 2. The quantitative estimate of drug-likeness (QED) is 0.152. The van der Waals surface area contributed by atoms with Crippen LogP contribution < -0.4 is 20.7 Å². The third-order valence-corrected chi connectivity index (χ3v) is 11.1. The molecule has 0 radical (unpaired) electrons. The van der Waals surface area contributed by atoms with Gasteiger partial charge in [-0.1, -0.05) is 12.1 Å². The Hall–Kier alpha value is -5.06. The van der Waals surface area contributed by atoms with E-state index in [9.17, 15) is 31.2 Å². The first-order valence-corrected chi connectivity index (χ1v) is 18.1. The number of ether oxygens (including phenoxy) is 2. The average Bonchev–Trinajstić information content (AvgIpc) is 3.12. The fourth-order valence-corrected chi connectivity index (χ4v) is 8.41. The number of anilines is 1. The summed E-state index contributed by atoms with van der Waals surface area (Å²) in [5, 5.41) is 8.25. The molecule has 11 nitrogen and oxygen atoms in total. The van der Waals surface area contributed by atoms with Gasteiger partial charge in [0.05, 0.1) is 37.2 Å². The van der Waals surface area contributed by atoms with Crippen molar-refractivity contribution in [2.45, 2.75) is 55.1 Å². The van der Waals surface area contributed by atoms with E-state index in [2.05, 4.69) is 20.9 Å². The predicted octanol–water partition coefficient (Wildman–Crippen LogP) is 5.52. The lowest BCUT2D eigenvalue weighted by Gasteiger charge is -2.40. The van der Waals surface area contributed by atoms with Crippen LogP contribution in [0.3, 0.4) is 0 Å². The van der Waals surface area contributed by atoms with Gasteiger partial charge >= 0.3 is 6.09 Å². The number of methoxy groups -OCH3 is 2. The van der Waals surface area contributed by atoms with Gasteiger partial charge in [0.15, 0.2) is 0 Å². The van der Waals surface area contributed by atoms with Crippen molar-refractivity contribution in [1.82, 2.24) is 19.9 Å². The normalized spacial score (nSPS) is 17.4. The molecule has 16 heteroatoms. The molecule has 0 bridgehead atoms. The van der Waals surface area contributed by atoms with E-state index in [1.165, 1.54) is 41.9 Å². The fourth-order valence-electron chi connectivity index (χ4n) is 6.57. The first-order chi connectivity index (χ1) is 25.3. The van der Waals surface area contributed by atoms with E-state index in [1.807, 2.05) is 0 Å². The van der Waals surface area contributed by atoms with Crippen LogP contribution in [0.1, 0.15) is 42.4 Å². The molecular weight excluding hydrogens is 718 g/mol. The summed E-state index contributed by atoms with van der Waals surface area (Å²) in [6.07, 6.45) is 1.79. The molecule has 3 N–H and O–H groups in total. The molecule has 3 aromatic carbocycles. The van der Waals surface area contributed by atoms with Crippen LogP contribution in [0, 0.1) is 23.3 Å². The Bertz CT molecular complexity index is 2000. The van der Waals surface area contributed by atoms with Gasteiger partial charge in [-0.05, 0) is 85.8 Å². The molecule has 4 aromatic rings. The number of piperazine rings is 1. The van der Waals surface area contributed by atoms with Crippen molar-refractivity contribution in [1.29, 1.82) is 0 Å². The van der Waals surface area contributed by atoms with Crippen molar-refractivity contribution in [3.63, 3.8) is 0 Å². The molecule has 1 fully saturated rings. The van der Waals surface area contributed by atoms with Crippen LogP contribution in [0.2, 0.25) is 0 Å². The van der Waals surface area contributed by atoms with E-state index in [0.29, 0.717) is 37.7 Å². The van der Waals surface area contributed by atoms with E-state index in [0.717, 1.165) is 37.6 Å². The summed E-state index contributed by atoms with van der Waals surface area (Å²) < 4.78 is 97.2. The maximum Gasteiger partial charge on any atom is 0.407 e. The Kier molecular flexibility index (Phi) is 12.7. The standard InChI is InChI=1S/C37H39F4N5O6S/c1-22-18-42-19-28(46(22)53(49,50)30-13-11-29(51-2)12-14-30)5-4-6-31-32(41)20-43-21-33(31)44-36(47)35(45-37(48)52-3)34(23-7-9-25(38)10-8-23)24-15-26(39)17-27(40)16-24/h7-17,20-22,28,34-35,42H,4-6,18-19H2,1-3H3,(H,44,47)(H,45,48). The van der Waals surface area contributed by atoms with Gasteiger partial charge < -0.3 is 25.4 Å². The number of halogens is 4. The van der Waals surface area contributed by atoms with Gasteiger partial charge in [-0.2, -0.15) is 4.31 Å². The molecule has 0 spiro atoms. The highest BCUT2D eigenvalue weighted by Gasteiger charge is 2.38. The monoisotopic (exact) mass is 757 g/mol. The number of benzene rings is 3. The van der Waals surface area contributed by atoms with E-state index >= 15 is 4.39 Å². The van der Waals surface area contributed by atoms with Gasteiger partial charge in [-0.15, -0.1) is 0 Å². The van der Waals surface area contributed by atoms with Crippen molar-refractivity contribution in [3.8, 4) is 5.75 Å². The molecule has 1 aliphatic rings. The van der Waals surface area contributed by atoms with Gasteiger partial charge in [0.25, 0.3) is 0 Å². The average molecular weight is 758 g/mol. The lowest BCUT2D eigenvalue weighted by molar-refractivity contribution is -0.118. The van der Waals surface area contributed by atoms with Gasteiger partial charge in [0, 0.05) is 42.7 Å². The van der Waals surface area contributed by atoms with E-state index < -0.39 is 63.3 Å². The molecule has 4 unspecified atom stereocenters. The van der Waals surface area contributed by atoms with Crippen LogP contribution in [0.25, 0.3) is 0 Å². The molecule has 1 saturated heterocycles. The van der Waals surface area contributed by atoms with Crippen molar-refractivity contribution in [2.24, 2.45) is 0 Å². The molecule has 0 aliphatic carbocycles. The van der Waals surface area contributed by atoms with Gasteiger partial charge in [0.1, 0.15) is 35.1 Å². The number of hydrogen-bond acceptors (Lipinski definition) is 8. The Balaban J connectivity index is 1.40. The van der Waals surface area contributed by atoms with Crippen molar-refractivity contribution in [2.75, 3.05) is 32.6 Å². The Morgan fingerprint density at radius 2 is 1.60 bits per heavy atom. The molecule has 1 aromatic heterocycles. The smallest absolute Gasteiger partial charge is 0.407 e. The first kappa shape index (κ1) is 39.2. The third-order valence-electron chi connectivity index (χ3n) is 9.02. The van der Waals surface area contributed by atoms with E-state index in [1.54, 1.807) is 19.1 Å². The zero-order valence-corrected chi connectivity index (χ0v) is 29.9. The molecule has 4 atom stereocenters. The minimum atomic E-state index is -3.91. The molecule has 0 saturated carbocycles. The largest absolute Gasteiger partial charge is 0.497 e. The summed E-state index contributed by atoms with van der Waals surface area (Å²) in [4.78, 5) is 30.6. The molecule has 282 valence electrons. The molecule has 53 heavy (non-hydrogen) atoms. The minimum absolute atomic E-state index is 0.0483. The summed E-state index contributed by atoms with van der Waals surface area (Å²) >= 11 is 0. The lowest BCUT2D eigenvalue weighted by atomic mass is 9.84. The zero-order chi connectivity index (χ0) is 38.3. The number of rotatable bonds is 13. The molecule has 2 amide bonds. The summed E-state index contributed by atoms with van der Waals surface area (Å²) in [5.41, 5.74) is 0.164. The minimum Gasteiger partial charge on any atom is -0.497 e. The van der Waals surface area contributed by atoms with Crippen LogP contribution in [-0.4, -0.2) is 75.1 Å². The van der Waals surface area contributed by atoms with Crippen LogP contribution in [0.4, 0.5) is 28.0 Å². The number of pyridine rings is 1. The van der Waals surface area contributed by atoms with Crippen molar-refractivity contribution < 1.29 is 45.0 Å². The van der Waals surface area contributed by atoms with Crippen molar-refractivity contribution in [3.05, 3.63) is 119 Å². The van der Waals surface area contributed by atoms with Gasteiger partial charge in [0.2, 0.25) is 15.9 Å². The number of aromatic nitrogens is 1. The fraction of sp³-hybridized carbons (Fsp3) is 0.324. The summed E-state index contributed by atoms with van der Waals surface area (Å²) in [7, 11) is -1.37. The number of carbonyl (C=O) groups is 2. The maximum absolute atomic E-state index is 15.4. The number of alkyl carbamates (subject to hydrolysis) is 1. The maximum atomic E-state index is 15.4. The highest BCUT2D eigenvalue weighted by atomic mass is 32.2. The number of nitrogens with zero attached hydrogens (tertiary/aromatic N) is 2. The Morgan fingerprint density at radius 3 is 2.25 bits per heavy atom. The number of amides is 2. The highest BCUT2D eigenvalue weighted by molar-refractivity contribution is 7.89. The predicted molar refractivity (Wildman–Crippen MR) is 188 cm³/mol. The van der Waals surface area contributed by atoms with Crippen LogP contribution >= 0.6 is 0 Å². The second-order valence-corrected chi connectivity index (χ2v) is 14.4. The van der Waals surface area contributed by atoms with Crippen molar-refractivity contribution >= 4 is 27.7 Å². The topological polar surface area (TPSA) is 139 Å². The molecule has 1 aliphatic heterocycles. The lowest BCUT2D eigenvalue weighted by Crippen LogP contribution is -2.58. The second kappa shape index (κ2) is 17.2. The van der Waals surface area contributed by atoms with Gasteiger partial charge in [-0.3, -0.25) is 9.78 Å². The Morgan fingerprint density at radius 1 is 0.925 bits per heavy atom. The van der Waals surface area contributed by atoms with Crippen LogP contribution in [0.15, 0.2) is 84.0 Å². The van der Waals surface area contributed by atoms with Gasteiger partial charge in [-0.25, -0.2) is 30.8 Å². The summed E-state index contributed by atoms with van der Waals surface area (Å²) in [6.45, 7) is 2.59. The second-order valence-electron chi connectivity index (χ2n) is 12.5. The highest BCUT2D eigenvalue weighted by Crippen LogP contribution is 2.32. The molecule has 5 rings (SSSR count). The first-order valence-electron chi connectivity index (χ1n) is 16.7. The number of sulfonamides is 1. The Labute approximate surface area is 304 Å².